The maximum atomic E-state index is 13.0. The van der Waals surface area contributed by atoms with Crippen LogP contribution >= 0.6 is 0 Å². The van der Waals surface area contributed by atoms with Crippen LogP contribution in [0.1, 0.15) is 11.1 Å². The van der Waals surface area contributed by atoms with Crippen LogP contribution in [0, 0.1) is 19.7 Å². The molecule has 0 saturated heterocycles. The minimum Gasteiger partial charge on any atom is -0.484 e. The molecule has 0 unspecified atom stereocenters. The molecular formula is C16H17FN2O2. The van der Waals surface area contributed by atoms with Gasteiger partial charge in [-0.1, -0.05) is 6.07 Å². The zero-order valence-corrected chi connectivity index (χ0v) is 11.9. The van der Waals surface area contributed by atoms with Gasteiger partial charge in [-0.25, -0.2) is 4.39 Å². The van der Waals surface area contributed by atoms with Gasteiger partial charge in [0.25, 0.3) is 5.91 Å². The second kappa shape index (κ2) is 6.26. The minimum absolute atomic E-state index is 0.0112. The highest BCUT2D eigenvalue weighted by molar-refractivity contribution is 5.92. The van der Waals surface area contributed by atoms with Crippen LogP contribution in [0.25, 0.3) is 0 Å². The molecule has 2 rings (SSSR count). The SMILES string of the molecule is Cc1ccc(OCC(=O)Nc2ccc(F)c(N)c2)cc1C. The van der Waals surface area contributed by atoms with Crippen LogP contribution < -0.4 is 15.8 Å². The van der Waals surface area contributed by atoms with E-state index in [4.69, 9.17) is 10.5 Å². The van der Waals surface area contributed by atoms with Gasteiger partial charge in [0, 0.05) is 5.69 Å². The molecule has 2 aromatic rings. The molecule has 0 aromatic heterocycles. The van der Waals surface area contributed by atoms with E-state index in [1.165, 1.54) is 18.2 Å². The van der Waals surface area contributed by atoms with Crippen molar-refractivity contribution in [1.82, 2.24) is 0 Å². The van der Waals surface area contributed by atoms with E-state index in [2.05, 4.69) is 5.32 Å². The van der Waals surface area contributed by atoms with Gasteiger partial charge in [0.15, 0.2) is 6.61 Å². The molecule has 5 heteroatoms. The van der Waals surface area contributed by atoms with Crippen LogP contribution in [0.4, 0.5) is 15.8 Å². The summed E-state index contributed by atoms with van der Waals surface area (Å²) in [6, 6.07) is 9.63. The number of halogens is 1. The van der Waals surface area contributed by atoms with Gasteiger partial charge in [-0.15, -0.1) is 0 Å². The van der Waals surface area contributed by atoms with E-state index in [9.17, 15) is 9.18 Å². The summed E-state index contributed by atoms with van der Waals surface area (Å²) in [7, 11) is 0. The number of nitrogen functional groups attached to an aromatic ring is 1. The van der Waals surface area contributed by atoms with Crippen LogP contribution in [-0.2, 0) is 4.79 Å². The molecular weight excluding hydrogens is 271 g/mol. The average molecular weight is 288 g/mol. The third-order valence-electron chi connectivity index (χ3n) is 3.13. The highest BCUT2D eigenvalue weighted by Crippen LogP contribution is 2.18. The van der Waals surface area contributed by atoms with Crippen molar-refractivity contribution in [2.24, 2.45) is 0 Å². The summed E-state index contributed by atoms with van der Waals surface area (Å²) in [6.45, 7) is 3.86. The zero-order valence-electron chi connectivity index (χ0n) is 11.9. The Morgan fingerprint density at radius 2 is 1.95 bits per heavy atom. The van der Waals surface area contributed by atoms with E-state index in [0.717, 1.165) is 11.1 Å². The maximum absolute atomic E-state index is 13.0. The van der Waals surface area contributed by atoms with E-state index >= 15 is 0 Å². The first-order valence-corrected chi connectivity index (χ1v) is 6.50. The fourth-order valence-corrected chi connectivity index (χ4v) is 1.77. The van der Waals surface area contributed by atoms with Crippen LogP contribution in [-0.4, -0.2) is 12.5 Å². The Balaban J connectivity index is 1.92. The Kier molecular flexibility index (Phi) is 4.42. The van der Waals surface area contributed by atoms with Crippen molar-refractivity contribution in [3.63, 3.8) is 0 Å². The quantitative estimate of drug-likeness (QED) is 0.850. The molecule has 0 aliphatic rings. The normalized spacial score (nSPS) is 10.2. The number of hydrogen-bond donors (Lipinski definition) is 2. The van der Waals surface area contributed by atoms with Crippen molar-refractivity contribution in [2.45, 2.75) is 13.8 Å². The lowest BCUT2D eigenvalue weighted by Gasteiger charge is -2.09. The van der Waals surface area contributed by atoms with Crippen molar-refractivity contribution in [3.8, 4) is 5.75 Å². The number of aryl methyl sites for hydroxylation is 2. The van der Waals surface area contributed by atoms with Gasteiger partial charge in [0.1, 0.15) is 11.6 Å². The number of nitrogens with two attached hydrogens (primary N) is 1. The number of benzene rings is 2. The molecule has 0 radical (unpaired) electrons. The second-order valence-electron chi connectivity index (χ2n) is 4.82. The number of anilines is 2. The van der Waals surface area contributed by atoms with Gasteiger partial charge in [-0.05, 0) is 55.3 Å². The predicted molar refractivity (Wildman–Crippen MR) is 80.9 cm³/mol. The average Bonchev–Trinajstić information content (AvgIpc) is 2.44. The van der Waals surface area contributed by atoms with Crippen molar-refractivity contribution in [3.05, 3.63) is 53.3 Å². The lowest BCUT2D eigenvalue weighted by Crippen LogP contribution is -2.20. The highest BCUT2D eigenvalue weighted by atomic mass is 19.1. The number of hydrogen-bond acceptors (Lipinski definition) is 3. The van der Waals surface area contributed by atoms with Gasteiger partial charge in [-0.2, -0.15) is 0 Å². The summed E-state index contributed by atoms with van der Waals surface area (Å²) in [4.78, 5) is 11.8. The van der Waals surface area contributed by atoms with Crippen LogP contribution in [0.3, 0.4) is 0 Å². The van der Waals surface area contributed by atoms with Crippen molar-refractivity contribution >= 4 is 17.3 Å². The van der Waals surface area contributed by atoms with Crippen LogP contribution in [0.2, 0.25) is 0 Å². The predicted octanol–water partition coefficient (Wildman–Crippen LogP) is 3.04. The van der Waals surface area contributed by atoms with Crippen molar-refractivity contribution < 1.29 is 13.9 Å². The van der Waals surface area contributed by atoms with Gasteiger partial charge in [0.2, 0.25) is 0 Å². The Morgan fingerprint density at radius 3 is 2.62 bits per heavy atom. The van der Waals surface area contributed by atoms with Gasteiger partial charge in [0.05, 0.1) is 5.69 Å². The van der Waals surface area contributed by atoms with Crippen molar-refractivity contribution in [1.29, 1.82) is 0 Å². The fourth-order valence-electron chi connectivity index (χ4n) is 1.77. The number of nitrogens with one attached hydrogen (secondary N) is 1. The molecule has 0 heterocycles. The number of amides is 1. The van der Waals surface area contributed by atoms with Gasteiger partial charge in [-0.3, -0.25) is 4.79 Å². The molecule has 2 aromatic carbocycles. The van der Waals surface area contributed by atoms with Gasteiger partial charge >= 0.3 is 0 Å². The molecule has 0 bridgehead atoms. The Hall–Kier alpha value is -2.56. The molecule has 1 amide bonds. The molecule has 21 heavy (non-hydrogen) atoms. The first-order valence-electron chi connectivity index (χ1n) is 6.50. The maximum Gasteiger partial charge on any atom is 0.262 e. The van der Waals surface area contributed by atoms with E-state index in [0.29, 0.717) is 11.4 Å². The summed E-state index contributed by atoms with van der Waals surface area (Å²) in [5.74, 6) is -0.217. The molecule has 110 valence electrons. The Labute approximate surface area is 122 Å². The van der Waals surface area contributed by atoms with E-state index in [1.54, 1.807) is 0 Å². The zero-order chi connectivity index (χ0) is 15.4. The summed E-state index contributed by atoms with van der Waals surface area (Å²) < 4.78 is 18.4. The summed E-state index contributed by atoms with van der Waals surface area (Å²) in [5.41, 5.74) is 8.11. The van der Waals surface area contributed by atoms with E-state index in [-0.39, 0.29) is 18.2 Å². The molecule has 4 nitrogen and oxygen atoms in total. The lowest BCUT2D eigenvalue weighted by atomic mass is 10.1. The van der Waals surface area contributed by atoms with Gasteiger partial charge < -0.3 is 15.8 Å². The molecule has 0 saturated carbocycles. The van der Waals surface area contributed by atoms with E-state index < -0.39 is 5.82 Å². The third kappa shape index (κ3) is 3.95. The Morgan fingerprint density at radius 1 is 1.19 bits per heavy atom. The van der Waals surface area contributed by atoms with Crippen molar-refractivity contribution in [2.75, 3.05) is 17.7 Å². The van der Waals surface area contributed by atoms with E-state index in [1.807, 2.05) is 32.0 Å². The number of ether oxygens (including phenoxy) is 1. The van der Waals surface area contributed by atoms with Crippen LogP contribution in [0.5, 0.6) is 5.75 Å². The largest absolute Gasteiger partial charge is 0.484 e. The summed E-state index contributed by atoms with van der Waals surface area (Å²) in [6.07, 6.45) is 0. The summed E-state index contributed by atoms with van der Waals surface area (Å²) in [5, 5.41) is 2.60. The first kappa shape index (κ1) is 14.8. The standard InChI is InChI=1S/C16H17FN2O2/c1-10-3-5-13(7-11(10)2)21-9-16(20)19-12-4-6-14(17)15(18)8-12/h3-8H,9,18H2,1-2H3,(H,19,20). The lowest BCUT2D eigenvalue weighted by molar-refractivity contribution is -0.118. The minimum atomic E-state index is -0.514. The highest BCUT2D eigenvalue weighted by Gasteiger charge is 2.06. The second-order valence-corrected chi connectivity index (χ2v) is 4.82. The molecule has 0 aliphatic heterocycles. The number of carbonyl (C=O) groups is 1. The monoisotopic (exact) mass is 288 g/mol. The molecule has 0 spiro atoms. The topological polar surface area (TPSA) is 64.3 Å². The first-order chi connectivity index (χ1) is 9.95. The number of carbonyl (C=O) groups excluding carboxylic acids is 1. The van der Waals surface area contributed by atoms with Crippen LogP contribution in [0.15, 0.2) is 36.4 Å². The summed E-state index contributed by atoms with van der Waals surface area (Å²) >= 11 is 0. The molecule has 0 atom stereocenters. The Bertz CT molecular complexity index is 671. The molecule has 3 N–H and O–H groups in total. The molecule has 0 aliphatic carbocycles. The number of rotatable bonds is 4. The smallest absolute Gasteiger partial charge is 0.262 e. The third-order valence-corrected chi connectivity index (χ3v) is 3.13. The fraction of sp³-hybridized carbons (Fsp3) is 0.188. The molecule has 0 fully saturated rings.